The van der Waals surface area contributed by atoms with Crippen molar-refractivity contribution < 1.29 is 13.2 Å². The van der Waals surface area contributed by atoms with E-state index in [0.717, 1.165) is 44.8 Å². The van der Waals surface area contributed by atoms with Gasteiger partial charge in [0.05, 0.1) is 11.6 Å². The van der Waals surface area contributed by atoms with Crippen molar-refractivity contribution >= 4 is 22.4 Å². The summed E-state index contributed by atoms with van der Waals surface area (Å²) >= 11 is 0. The number of aromatic nitrogens is 3. The third kappa shape index (κ3) is 3.69. The number of benzene rings is 1. The molecular formula is C23H24F3N5O. The van der Waals surface area contributed by atoms with E-state index in [-0.39, 0.29) is 17.2 Å². The van der Waals surface area contributed by atoms with Gasteiger partial charge in [-0.15, -0.1) is 10.2 Å². The normalized spacial score (nSPS) is 17.3. The Morgan fingerprint density at radius 2 is 1.81 bits per heavy atom. The Hall–Kier alpha value is -3.10. The Balaban J connectivity index is 1.58. The van der Waals surface area contributed by atoms with E-state index >= 15 is 0 Å². The molecule has 9 heteroatoms. The van der Waals surface area contributed by atoms with Crippen LogP contribution in [0.2, 0.25) is 0 Å². The predicted molar refractivity (Wildman–Crippen MR) is 117 cm³/mol. The molecule has 6 nitrogen and oxygen atoms in total. The van der Waals surface area contributed by atoms with E-state index in [1.54, 1.807) is 23.8 Å². The van der Waals surface area contributed by atoms with Crippen LogP contribution in [0.5, 0.6) is 0 Å². The molecule has 2 fully saturated rings. The zero-order valence-electron chi connectivity index (χ0n) is 17.7. The number of pyridine rings is 1. The largest absolute Gasteiger partial charge is 0.361 e. The molecule has 1 saturated heterocycles. The smallest absolute Gasteiger partial charge is 0.266 e. The van der Waals surface area contributed by atoms with Crippen LogP contribution in [-0.4, -0.2) is 27.9 Å². The van der Waals surface area contributed by atoms with Gasteiger partial charge in [-0.3, -0.25) is 4.79 Å². The van der Waals surface area contributed by atoms with Crippen LogP contribution in [0.1, 0.15) is 62.2 Å². The Morgan fingerprint density at radius 1 is 1.09 bits per heavy atom. The number of fused-ring (bicyclic) bond motifs is 1. The molecule has 0 spiro atoms. The third-order valence-corrected chi connectivity index (χ3v) is 6.28. The van der Waals surface area contributed by atoms with Crippen molar-refractivity contribution in [3.63, 3.8) is 0 Å². The van der Waals surface area contributed by atoms with Gasteiger partial charge in [0, 0.05) is 47.7 Å². The maximum Gasteiger partial charge on any atom is 0.266 e. The minimum atomic E-state index is -2.89. The molecule has 1 N–H and O–H groups in total. The Kier molecular flexibility index (Phi) is 5.27. The summed E-state index contributed by atoms with van der Waals surface area (Å²) in [7, 11) is 0. The van der Waals surface area contributed by atoms with Crippen LogP contribution in [0.15, 0.2) is 35.3 Å². The van der Waals surface area contributed by atoms with Gasteiger partial charge in [-0.1, -0.05) is 18.2 Å². The van der Waals surface area contributed by atoms with E-state index in [9.17, 15) is 18.0 Å². The minimum Gasteiger partial charge on any atom is -0.361 e. The molecule has 5 rings (SSSR count). The summed E-state index contributed by atoms with van der Waals surface area (Å²) in [6.45, 7) is 3.39. The fourth-order valence-electron chi connectivity index (χ4n) is 4.39. The molecule has 0 amide bonds. The van der Waals surface area contributed by atoms with Crippen LogP contribution >= 0.6 is 0 Å². The average molecular weight is 443 g/mol. The molecular weight excluding hydrogens is 419 g/mol. The lowest BCUT2D eigenvalue weighted by atomic mass is 10.0. The summed E-state index contributed by atoms with van der Waals surface area (Å²) in [4.78, 5) is 14.9. The number of halogens is 3. The van der Waals surface area contributed by atoms with E-state index < -0.39 is 23.8 Å². The van der Waals surface area contributed by atoms with E-state index in [4.69, 9.17) is 0 Å². The standard InChI is InChI=1S/C23H24F3N5O/c1-13(15-5-4-6-16(20(15)24)21(25)26)27-22-18-12-31(14-7-8-14)19(32)11-17(18)23(29-28-22)30-9-2-3-10-30/h4-6,11-14,21H,2-3,7-10H2,1H3,(H,27,28)/t13-/m1/s1. The first-order valence-electron chi connectivity index (χ1n) is 10.9. The molecule has 1 aliphatic heterocycles. The van der Waals surface area contributed by atoms with Crippen molar-refractivity contribution in [2.75, 3.05) is 23.3 Å². The summed E-state index contributed by atoms with van der Waals surface area (Å²) in [5.41, 5.74) is -0.584. The van der Waals surface area contributed by atoms with Crippen LogP contribution in [-0.2, 0) is 0 Å². The lowest BCUT2D eigenvalue weighted by molar-refractivity contribution is 0.146. The molecule has 32 heavy (non-hydrogen) atoms. The van der Waals surface area contributed by atoms with E-state index in [0.29, 0.717) is 22.4 Å². The van der Waals surface area contributed by atoms with E-state index in [2.05, 4.69) is 20.4 Å². The SMILES string of the molecule is C[C@@H](Nc1nnc(N2CCCC2)c2cc(=O)n(C3CC3)cc12)c1cccc(C(F)F)c1F. The lowest BCUT2D eigenvalue weighted by Crippen LogP contribution is -2.23. The molecule has 1 aromatic carbocycles. The number of nitrogens with one attached hydrogen (secondary N) is 1. The van der Waals surface area contributed by atoms with Crippen molar-refractivity contribution in [1.82, 2.24) is 14.8 Å². The predicted octanol–water partition coefficient (Wildman–Crippen LogP) is 4.98. The van der Waals surface area contributed by atoms with Crippen LogP contribution < -0.4 is 15.8 Å². The van der Waals surface area contributed by atoms with Crippen LogP contribution in [0, 0.1) is 5.82 Å². The second-order valence-electron chi connectivity index (χ2n) is 8.56. The summed E-state index contributed by atoms with van der Waals surface area (Å²) in [5.74, 6) is 0.136. The molecule has 0 bridgehead atoms. The molecule has 168 valence electrons. The first-order chi connectivity index (χ1) is 15.4. The number of nitrogens with zero attached hydrogens (tertiary/aromatic N) is 4. The second kappa shape index (κ2) is 8.11. The first kappa shape index (κ1) is 20.8. The molecule has 0 radical (unpaired) electrons. The summed E-state index contributed by atoms with van der Waals surface area (Å²) in [6.07, 6.45) is 2.92. The van der Waals surface area contributed by atoms with Crippen molar-refractivity contribution in [3.05, 3.63) is 57.8 Å². The maximum atomic E-state index is 14.7. The fourth-order valence-corrected chi connectivity index (χ4v) is 4.39. The number of alkyl halides is 2. The average Bonchev–Trinajstić information content (AvgIpc) is 3.47. The molecule has 2 aliphatic rings. The van der Waals surface area contributed by atoms with Crippen molar-refractivity contribution in [1.29, 1.82) is 0 Å². The molecule has 1 saturated carbocycles. The van der Waals surface area contributed by atoms with Gasteiger partial charge in [0.1, 0.15) is 5.82 Å². The first-order valence-corrected chi connectivity index (χ1v) is 10.9. The zero-order chi connectivity index (χ0) is 22.4. The summed E-state index contributed by atoms with van der Waals surface area (Å²) in [5, 5.41) is 13.3. The van der Waals surface area contributed by atoms with Crippen molar-refractivity contribution in [3.8, 4) is 0 Å². The monoisotopic (exact) mass is 443 g/mol. The quantitative estimate of drug-likeness (QED) is 0.583. The van der Waals surface area contributed by atoms with E-state index in [1.165, 1.54) is 12.1 Å². The van der Waals surface area contributed by atoms with Gasteiger partial charge in [-0.25, -0.2) is 13.2 Å². The molecule has 3 aromatic rings. The Morgan fingerprint density at radius 3 is 2.50 bits per heavy atom. The maximum absolute atomic E-state index is 14.7. The van der Waals surface area contributed by atoms with Gasteiger partial charge in [0.2, 0.25) is 0 Å². The van der Waals surface area contributed by atoms with Gasteiger partial charge in [0.15, 0.2) is 11.6 Å². The van der Waals surface area contributed by atoms with Crippen LogP contribution in [0.4, 0.5) is 24.8 Å². The highest BCUT2D eigenvalue weighted by molar-refractivity contribution is 5.98. The second-order valence-corrected chi connectivity index (χ2v) is 8.56. The van der Waals surface area contributed by atoms with E-state index in [1.807, 2.05) is 0 Å². The molecule has 0 unspecified atom stereocenters. The van der Waals surface area contributed by atoms with Gasteiger partial charge >= 0.3 is 0 Å². The zero-order valence-corrected chi connectivity index (χ0v) is 17.7. The summed E-state index contributed by atoms with van der Waals surface area (Å²) in [6, 6.07) is 5.14. The van der Waals surface area contributed by atoms with Crippen LogP contribution in [0.3, 0.4) is 0 Å². The number of hydrogen-bond donors (Lipinski definition) is 1. The van der Waals surface area contributed by atoms with Crippen LogP contribution in [0.25, 0.3) is 10.8 Å². The highest BCUT2D eigenvalue weighted by Crippen LogP contribution is 2.37. The lowest BCUT2D eigenvalue weighted by Gasteiger charge is -2.22. The van der Waals surface area contributed by atoms with Crippen molar-refractivity contribution in [2.45, 2.75) is 51.1 Å². The van der Waals surface area contributed by atoms with Gasteiger partial charge in [0.25, 0.3) is 12.0 Å². The Labute approximate surface area is 183 Å². The fraction of sp³-hybridized carbons (Fsp3) is 0.435. The van der Waals surface area contributed by atoms with Gasteiger partial charge < -0.3 is 14.8 Å². The minimum absolute atomic E-state index is 0.0804. The summed E-state index contributed by atoms with van der Waals surface area (Å²) < 4.78 is 42.7. The highest BCUT2D eigenvalue weighted by atomic mass is 19.3. The number of rotatable bonds is 6. The number of anilines is 2. The molecule has 2 aromatic heterocycles. The molecule has 1 atom stereocenters. The molecule has 1 aliphatic carbocycles. The van der Waals surface area contributed by atoms with Crippen molar-refractivity contribution in [2.24, 2.45) is 0 Å². The van der Waals surface area contributed by atoms with Gasteiger partial charge in [-0.05, 0) is 32.6 Å². The van der Waals surface area contributed by atoms with Gasteiger partial charge in [-0.2, -0.15) is 0 Å². The third-order valence-electron chi connectivity index (χ3n) is 6.28. The number of hydrogen-bond acceptors (Lipinski definition) is 5. The Bertz CT molecular complexity index is 1220. The highest BCUT2D eigenvalue weighted by Gasteiger charge is 2.27. The molecule has 3 heterocycles. The topological polar surface area (TPSA) is 63.1 Å².